The highest BCUT2D eigenvalue weighted by Crippen LogP contribution is 2.61. The van der Waals surface area contributed by atoms with Gasteiger partial charge in [0.25, 0.3) is 0 Å². The molecule has 3 aliphatic carbocycles. The molecular formula is C35H44N2O5. The number of hydrogen-bond acceptors (Lipinski definition) is 6. The van der Waals surface area contributed by atoms with Gasteiger partial charge in [-0.3, -0.25) is 9.63 Å². The highest BCUT2D eigenvalue weighted by atomic mass is 16.7. The Morgan fingerprint density at radius 1 is 1.10 bits per heavy atom. The molecular weight excluding hydrogens is 528 g/mol. The maximum atomic E-state index is 14.1. The second kappa shape index (κ2) is 11.3. The van der Waals surface area contributed by atoms with Crippen LogP contribution < -0.4 is 10.1 Å². The molecule has 1 saturated heterocycles. The van der Waals surface area contributed by atoms with E-state index in [0.29, 0.717) is 28.9 Å². The molecule has 3 aromatic carbocycles. The summed E-state index contributed by atoms with van der Waals surface area (Å²) in [5.41, 5.74) is 3.19. The Labute approximate surface area is 248 Å². The zero-order valence-corrected chi connectivity index (χ0v) is 25.3. The van der Waals surface area contributed by atoms with Crippen LogP contribution in [-0.4, -0.2) is 59.2 Å². The second-order valence-corrected chi connectivity index (χ2v) is 13.3. The number of para-hydroxylation sites is 1. The van der Waals surface area contributed by atoms with E-state index in [9.17, 15) is 15.0 Å². The monoisotopic (exact) mass is 572 g/mol. The molecule has 8 atom stereocenters. The molecule has 4 fully saturated rings. The topological polar surface area (TPSA) is 91.3 Å². The van der Waals surface area contributed by atoms with Gasteiger partial charge in [0.2, 0.25) is 5.91 Å². The van der Waals surface area contributed by atoms with Crippen molar-refractivity contribution in [1.82, 2.24) is 10.4 Å². The second-order valence-electron chi connectivity index (χ2n) is 13.3. The largest absolute Gasteiger partial charge is 0.496 e. The lowest BCUT2D eigenvalue weighted by Gasteiger charge is -2.62. The molecule has 7 heteroatoms. The number of nitrogens with one attached hydrogen (secondary N) is 1. The number of ether oxygens (including phenoxy) is 1. The third kappa shape index (κ3) is 4.80. The van der Waals surface area contributed by atoms with Gasteiger partial charge in [0.1, 0.15) is 17.9 Å². The number of methoxy groups -OCH3 is 1. The number of nitrogens with zero attached hydrogens (tertiary/aromatic N) is 1. The van der Waals surface area contributed by atoms with E-state index in [1.165, 1.54) is 6.42 Å². The van der Waals surface area contributed by atoms with Gasteiger partial charge >= 0.3 is 0 Å². The van der Waals surface area contributed by atoms with Crippen LogP contribution in [0.1, 0.15) is 46.1 Å². The molecule has 7 nitrogen and oxygen atoms in total. The number of rotatable bonds is 8. The number of benzene rings is 3. The van der Waals surface area contributed by atoms with Crippen molar-refractivity contribution in [3.63, 3.8) is 0 Å². The van der Waals surface area contributed by atoms with E-state index in [1.54, 1.807) is 19.1 Å². The molecule has 4 aliphatic rings. The van der Waals surface area contributed by atoms with Gasteiger partial charge in [0, 0.05) is 23.1 Å². The number of carbonyl (C=O) groups is 1. The molecule has 1 amide bonds. The van der Waals surface area contributed by atoms with Crippen LogP contribution >= 0.6 is 0 Å². The Morgan fingerprint density at radius 2 is 1.81 bits per heavy atom. The van der Waals surface area contributed by atoms with E-state index in [4.69, 9.17) is 9.57 Å². The summed E-state index contributed by atoms with van der Waals surface area (Å²) in [5.74, 6) is 1.56. The molecule has 0 unspecified atom stereocenters. The molecule has 224 valence electrons. The molecule has 3 saturated carbocycles. The number of aliphatic hydroxyl groups is 2. The molecule has 3 N–H and O–H groups in total. The summed E-state index contributed by atoms with van der Waals surface area (Å²) in [7, 11) is 1.66. The zero-order chi connectivity index (χ0) is 29.8. The summed E-state index contributed by atoms with van der Waals surface area (Å²) in [6.45, 7) is 8.59. The third-order valence-corrected chi connectivity index (χ3v) is 10.8. The normalized spacial score (nSPS) is 31.0. The highest BCUT2D eigenvalue weighted by molar-refractivity contribution is 5.98. The van der Waals surface area contributed by atoms with Crippen molar-refractivity contribution in [2.45, 2.75) is 71.4 Å². The van der Waals surface area contributed by atoms with Crippen LogP contribution in [0, 0.1) is 29.1 Å². The Morgan fingerprint density at radius 3 is 2.50 bits per heavy atom. The van der Waals surface area contributed by atoms with E-state index in [-0.39, 0.29) is 25.1 Å². The maximum absolute atomic E-state index is 14.1. The van der Waals surface area contributed by atoms with E-state index >= 15 is 0 Å². The summed E-state index contributed by atoms with van der Waals surface area (Å²) < 4.78 is 6.00. The summed E-state index contributed by atoms with van der Waals surface area (Å²) in [6, 6.07) is 19.9. The minimum Gasteiger partial charge on any atom is -0.496 e. The zero-order valence-electron chi connectivity index (χ0n) is 25.3. The van der Waals surface area contributed by atoms with Crippen LogP contribution in [0.3, 0.4) is 0 Å². The molecule has 7 rings (SSSR count). The Hall–Kier alpha value is -2.97. The predicted molar refractivity (Wildman–Crippen MR) is 163 cm³/mol. The van der Waals surface area contributed by atoms with Crippen LogP contribution in [0.2, 0.25) is 0 Å². The van der Waals surface area contributed by atoms with E-state index < -0.39 is 24.2 Å². The van der Waals surface area contributed by atoms with Crippen molar-refractivity contribution >= 4 is 16.7 Å². The summed E-state index contributed by atoms with van der Waals surface area (Å²) >= 11 is 0. The fourth-order valence-corrected chi connectivity index (χ4v) is 8.27. The van der Waals surface area contributed by atoms with Crippen molar-refractivity contribution in [2.75, 3.05) is 13.7 Å². The van der Waals surface area contributed by atoms with Gasteiger partial charge in [-0.25, -0.2) is 0 Å². The predicted octanol–water partition coefficient (Wildman–Crippen LogP) is 5.18. The summed E-state index contributed by atoms with van der Waals surface area (Å²) in [4.78, 5) is 20.3. The number of amides is 1. The van der Waals surface area contributed by atoms with E-state index in [0.717, 1.165) is 33.9 Å². The Balaban J connectivity index is 1.31. The van der Waals surface area contributed by atoms with Crippen molar-refractivity contribution in [3.05, 3.63) is 66.2 Å². The first-order chi connectivity index (χ1) is 20.1. The van der Waals surface area contributed by atoms with Crippen LogP contribution in [-0.2, 0) is 16.2 Å². The highest BCUT2D eigenvalue weighted by Gasteiger charge is 2.57. The Bertz CT molecular complexity index is 1450. The van der Waals surface area contributed by atoms with Gasteiger partial charge < -0.3 is 20.3 Å². The van der Waals surface area contributed by atoms with Gasteiger partial charge in [0.15, 0.2) is 0 Å². The SMILES string of the molecule is COc1c(CN2O[C@@H](CO)[C@H]([C@H](C)O)[C@H]2C(=O)N[C@H]2C[C@H]3C[C@@H]([C@@H]2C)C3(C)C)cccc1-c1cccc2ccccc12. The number of hydrogen-bond donors (Lipinski definition) is 3. The first-order valence-corrected chi connectivity index (χ1v) is 15.3. The van der Waals surface area contributed by atoms with Gasteiger partial charge in [-0.05, 0) is 59.3 Å². The molecule has 0 aromatic heterocycles. The standard InChI is InChI=1S/C35H44N2O5/c1-20-28-16-24(35(28,3)4)17-29(20)36-34(40)32-31(21(2)39)30(19-38)42-37(32)18-23-12-9-15-27(33(23)41-5)26-14-8-11-22-10-6-7-13-25(22)26/h6-15,20-21,24,28-32,38-39H,16-19H2,1-5H3,(H,36,40)/t20-,21-,24+,28-,29-,30-,31-,32-/m0/s1. The fraction of sp³-hybridized carbons (Fsp3) is 0.514. The molecule has 0 radical (unpaired) electrons. The van der Waals surface area contributed by atoms with Crippen LogP contribution in [0.25, 0.3) is 21.9 Å². The molecule has 1 heterocycles. The van der Waals surface area contributed by atoms with E-state index in [1.807, 2.05) is 36.4 Å². The quantitative estimate of drug-likeness (QED) is 0.345. The lowest BCUT2D eigenvalue weighted by molar-refractivity contribution is -0.183. The first-order valence-electron chi connectivity index (χ1n) is 15.3. The van der Waals surface area contributed by atoms with Crippen LogP contribution in [0.15, 0.2) is 60.7 Å². The molecule has 3 aromatic rings. The summed E-state index contributed by atoms with van der Waals surface area (Å²) in [5, 5.41) is 28.3. The fourth-order valence-electron chi connectivity index (χ4n) is 8.27. The maximum Gasteiger partial charge on any atom is 0.240 e. The summed E-state index contributed by atoms with van der Waals surface area (Å²) in [6.07, 6.45) is 0.662. The minimum atomic E-state index is -0.845. The molecule has 42 heavy (non-hydrogen) atoms. The number of fused-ring (bicyclic) bond motifs is 3. The lowest BCUT2D eigenvalue weighted by Crippen LogP contribution is -2.62. The van der Waals surface area contributed by atoms with Crippen molar-refractivity contribution in [3.8, 4) is 16.9 Å². The van der Waals surface area contributed by atoms with Gasteiger partial charge in [0.05, 0.1) is 26.4 Å². The number of aliphatic hydroxyl groups excluding tert-OH is 2. The average Bonchev–Trinajstić information content (AvgIpc) is 3.36. The number of carbonyl (C=O) groups excluding carboxylic acids is 1. The smallest absolute Gasteiger partial charge is 0.240 e. The van der Waals surface area contributed by atoms with Crippen molar-refractivity contribution < 1.29 is 24.6 Å². The van der Waals surface area contributed by atoms with Crippen molar-refractivity contribution in [1.29, 1.82) is 0 Å². The van der Waals surface area contributed by atoms with Gasteiger partial charge in [-0.2, -0.15) is 5.06 Å². The molecule has 0 spiro atoms. The number of hydroxylamine groups is 2. The van der Waals surface area contributed by atoms with Gasteiger partial charge in [-0.1, -0.05) is 81.4 Å². The van der Waals surface area contributed by atoms with Crippen molar-refractivity contribution in [2.24, 2.45) is 29.1 Å². The first kappa shape index (κ1) is 29.1. The van der Waals surface area contributed by atoms with Crippen LogP contribution in [0.4, 0.5) is 0 Å². The molecule has 2 bridgehead atoms. The van der Waals surface area contributed by atoms with Crippen LogP contribution in [0.5, 0.6) is 5.75 Å². The molecule has 1 aliphatic heterocycles. The van der Waals surface area contributed by atoms with E-state index in [2.05, 4.69) is 50.4 Å². The average molecular weight is 573 g/mol. The Kier molecular flexibility index (Phi) is 7.81. The lowest BCUT2D eigenvalue weighted by atomic mass is 9.45. The van der Waals surface area contributed by atoms with Gasteiger partial charge in [-0.15, -0.1) is 0 Å². The minimum absolute atomic E-state index is 0.0863. The third-order valence-electron chi connectivity index (χ3n) is 10.8.